The summed E-state index contributed by atoms with van der Waals surface area (Å²) in [5.41, 5.74) is 5.52. The minimum atomic E-state index is -0.531. The first kappa shape index (κ1) is 17.2. The molecule has 1 aliphatic rings. The van der Waals surface area contributed by atoms with Gasteiger partial charge in [-0.3, -0.25) is 9.59 Å². The van der Waals surface area contributed by atoms with Crippen LogP contribution in [-0.4, -0.2) is 40.8 Å². The lowest BCUT2D eigenvalue weighted by Crippen LogP contribution is -2.43. The van der Waals surface area contributed by atoms with Crippen molar-refractivity contribution in [2.75, 3.05) is 18.4 Å². The maximum Gasteiger partial charge on any atom is 0.267 e. The Morgan fingerprint density at radius 1 is 1.30 bits per heavy atom. The first-order valence-electron chi connectivity index (χ1n) is 8.06. The topological polar surface area (TPSA) is 88.3 Å². The van der Waals surface area contributed by atoms with Gasteiger partial charge in [0.1, 0.15) is 11.5 Å². The zero-order valence-corrected chi connectivity index (χ0v) is 14.1. The number of carbonyl (C=O) groups excluding carboxylic acids is 2. The van der Waals surface area contributed by atoms with Gasteiger partial charge in [0, 0.05) is 25.6 Å². The van der Waals surface area contributed by atoms with Crippen molar-refractivity contribution < 1.29 is 9.59 Å². The van der Waals surface area contributed by atoms with Gasteiger partial charge in [0.15, 0.2) is 0 Å². The number of carbonyl (C=O) groups is 2. The second-order valence-corrected chi connectivity index (χ2v) is 7.31. The highest BCUT2D eigenvalue weighted by atomic mass is 16.2. The minimum Gasteiger partial charge on any atom is -0.367 e. The lowest BCUT2D eigenvalue weighted by atomic mass is 9.91. The fourth-order valence-electron chi connectivity index (χ4n) is 2.70. The highest BCUT2D eigenvalue weighted by Crippen LogP contribution is 2.22. The average molecular weight is 318 g/mol. The molecule has 0 aliphatic carbocycles. The second-order valence-electron chi connectivity index (χ2n) is 7.31. The Bertz CT molecular complexity index is 572. The van der Waals surface area contributed by atoms with E-state index in [1.165, 1.54) is 0 Å². The summed E-state index contributed by atoms with van der Waals surface area (Å²) in [5.74, 6) is 0.349. The lowest BCUT2D eigenvalue weighted by Gasteiger charge is -2.34. The molecule has 2 amide bonds. The lowest BCUT2D eigenvalue weighted by molar-refractivity contribution is -0.134. The fraction of sp³-hybridized carbons (Fsp3) is 0.588. The number of nitrogens with zero attached hydrogens (tertiary/aromatic N) is 2. The van der Waals surface area contributed by atoms with Crippen LogP contribution in [0.2, 0.25) is 0 Å². The highest BCUT2D eigenvalue weighted by Gasteiger charge is 2.25. The largest absolute Gasteiger partial charge is 0.367 e. The van der Waals surface area contributed by atoms with Gasteiger partial charge in [-0.15, -0.1) is 0 Å². The Hall–Kier alpha value is -2.11. The molecule has 0 radical (unpaired) electrons. The van der Waals surface area contributed by atoms with Gasteiger partial charge in [0.05, 0.1) is 0 Å². The molecule has 2 heterocycles. The predicted octanol–water partition coefficient (Wildman–Crippen LogP) is 2.02. The van der Waals surface area contributed by atoms with Gasteiger partial charge in [-0.1, -0.05) is 26.8 Å². The molecule has 3 N–H and O–H groups in total. The standard InChI is InChI=1S/C17H26N4O2/c1-17(2,3)11-15(22)21-9-7-12(8-10-21)19-14-6-4-5-13(20-14)16(18)23/h4-6,12H,7-11H2,1-3H3,(H2,18,23)(H,19,20). The smallest absolute Gasteiger partial charge is 0.267 e. The number of pyridine rings is 1. The molecule has 0 aromatic carbocycles. The molecule has 1 aromatic heterocycles. The van der Waals surface area contributed by atoms with Crippen molar-refractivity contribution in [1.82, 2.24) is 9.88 Å². The Morgan fingerprint density at radius 2 is 1.96 bits per heavy atom. The van der Waals surface area contributed by atoms with Crippen LogP contribution in [0, 0.1) is 5.41 Å². The third kappa shape index (κ3) is 5.23. The molecule has 1 aliphatic heterocycles. The fourth-order valence-corrected chi connectivity index (χ4v) is 2.70. The van der Waals surface area contributed by atoms with Crippen LogP contribution < -0.4 is 11.1 Å². The summed E-state index contributed by atoms with van der Waals surface area (Å²) in [4.78, 5) is 29.5. The van der Waals surface area contributed by atoms with Crippen LogP contribution in [0.15, 0.2) is 18.2 Å². The molecule has 126 valence electrons. The maximum atomic E-state index is 12.2. The summed E-state index contributed by atoms with van der Waals surface area (Å²) in [6.45, 7) is 7.74. The SMILES string of the molecule is CC(C)(C)CC(=O)N1CCC(Nc2cccc(C(N)=O)n2)CC1. The van der Waals surface area contributed by atoms with Gasteiger partial charge >= 0.3 is 0 Å². The zero-order chi connectivity index (χ0) is 17.0. The van der Waals surface area contributed by atoms with Crippen LogP contribution in [0.25, 0.3) is 0 Å². The van der Waals surface area contributed by atoms with E-state index >= 15 is 0 Å². The van der Waals surface area contributed by atoms with Gasteiger partial charge in [-0.05, 0) is 30.4 Å². The molecule has 23 heavy (non-hydrogen) atoms. The summed E-state index contributed by atoms with van der Waals surface area (Å²) < 4.78 is 0. The molecule has 1 saturated heterocycles. The monoisotopic (exact) mass is 318 g/mol. The summed E-state index contributed by atoms with van der Waals surface area (Å²) >= 11 is 0. The van der Waals surface area contributed by atoms with Crippen molar-refractivity contribution in [3.8, 4) is 0 Å². The van der Waals surface area contributed by atoms with Crippen LogP contribution in [0.5, 0.6) is 0 Å². The second kappa shape index (κ2) is 6.98. The number of piperidine rings is 1. The molecule has 6 heteroatoms. The van der Waals surface area contributed by atoms with Crippen LogP contribution >= 0.6 is 0 Å². The zero-order valence-electron chi connectivity index (χ0n) is 14.1. The molecular formula is C17H26N4O2. The average Bonchev–Trinajstić information content (AvgIpc) is 2.46. The molecule has 6 nitrogen and oxygen atoms in total. The molecule has 0 unspecified atom stereocenters. The van der Waals surface area contributed by atoms with E-state index in [9.17, 15) is 9.59 Å². The van der Waals surface area contributed by atoms with Crippen LogP contribution in [0.3, 0.4) is 0 Å². The van der Waals surface area contributed by atoms with Crippen LogP contribution in [-0.2, 0) is 4.79 Å². The van der Waals surface area contributed by atoms with E-state index in [1.54, 1.807) is 12.1 Å². The Morgan fingerprint density at radius 3 is 2.52 bits per heavy atom. The quantitative estimate of drug-likeness (QED) is 0.889. The number of anilines is 1. The number of aromatic nitrogens is 1. The molecule has 0 atom stereocenters. The van der Waals surface area contributed by atoms with Crippen LogP contribution in [0.1, 0.15) is 50.5 Å². The number of nitrogens with one attached hydrogen (secondary N) is 1. The summed E-state index contributed by atoms with van der Waals surface area (Å²) in [7, 11) is 0. The molecule has 0 spiro atoms. The van der Waals surface area contributed by atoms with Crippen molar-refractivity contribution in [2.45, 2.75) is 46.1 Å². The van der Waals surface area contributed by atoms with Gasteiger partial charge in [-0.2, -0.15) is 0 Å². The van der Waals surface area contributed by atoms with Crippen molar-refractivity contribution in [3.63, 3.8) is 0 Å². The normalized spacial score (nSPS) is 16.2. The van der Waals surface area contributed by atoms with Crippen molar-refractivity contribution in [2.24, 2.45) is 11.1 Å². The Kier molecular flexibility index (Phi) is 5.23. The maximum absolute atomic E-state index is 12.2. The van der Waals surface area contributed by atoms with E-state index in [1.807, 2.05) is 11.0 Å². The third-order valence-electron chi connectivity index (χ3n) is 3.88. The number of rotatable bonds is 4. The highest BCUT2D eigenvalue weighted by molar-refractivity contribution is 5.91. The van der Waals surface area contributed by atoms with E-state index in [0.717, 1.165) is 25.9 Å². The number of nitrogens with two attached hydrogens (primary N) is 1. The van der Waals surface area contributed by atoms with E-state index in [4.69, 9.17) is 5.73 Å². The third-order valence-corrected chi connectivity index (χ3v) is 3.88. The Balaban J connectivity index is 1.86. The van der Waals surface area contributed by atoms with Crippen LogP contribution in [0.4, 0.5) is 5.82 Å². The van der Waals surface area contributed by atoms with E-state index in [-0.39, 0.29) is 23.1 Å². The van der Waals surface area contributed by atoms with Crippen molar-refractivity contribution in [1.29, 1.82) is 0 Å². The number of likely N-dealkylation sites (tertiary alicyclic amines) is 1. The number of amides is 2. The molecule has 2 rings (SSSR count). The van der Waals surface area contributed by atoms with Crippen molar-refractivity contribution in [3.05, 3.63) is 23.9 Å². The minimum absolute atomic E-state index is 0.0191. The number of primary amides is 1. The van der Waals surface area contributed by atoms with E-state index < -0.39 is 5.91 Å². The molecule has 0 bridgehead atoms. The molecule has 1 fully saturated rings. The van der Waals surface area contributed by atoms with Gasteiger partial charge < -0.3 is 16.0 Å². The molecular weight excluding hydrogens is 292 g/mol. The van der Waals surface area contributed by atoms with Gasteiger partial charge in [0.25, 0.3) is 5.91 Å². The summed E-state index contributed by atoms with van der Waals surface area (Å²) in [5, 5.41) is 3.33. The summed E-state index contributed by atoms with van der Waals surface area (Å²) in [6, 6.07) is 5.44. The first-order valence-corrected chi connectivity index (χ1v) is 8.06. The molecule has 1 aromatic rings. The predicted molar refractivity (Wildman–Crippen MR) is 90.1 cm³/mol. The first-order chi connectivity index (χ1) is 10.7. The van der Waals surface area contributed by atoms with Gasteiger partial charge in [0.2, 0.25) is 5.91 Å². The number of hydrogen-bond donors (Lipinski definition) is 2. The Labute approximate surface area is 137 Å². The van der Waals surface area contributed by atoms with E-state index in [2.05, 4.69) is 31.1 Å². The molecule has 0 saturated carbocycles. The van der Waals surface area contributed by atoms with Crippen molar-refractivity contribution >= 4 is 17.6 Å². The van der Waals surface area contributed by atoms with Gasteiger partial charge in [-0.25, -0.2) is 4.98 Å². The van der Waals surface area contributed by atoms with E-state index in [0.29, 0.717) is 12.2 Å². The summed E-state index contributed by atoms with van der Waals surface area (Å²) in [6.07, 6.45) is 2.32. The number of hydrogen-bond acceptors (Lipinski definition) is 4.